The number of benzene rings is 2. The van der Waals surface area contributed by atoms with Gasteiger partial charge in [0.2, 0.25) is 15.8 Å². The number of primary sulfonamides is 1. The predicted octanol–water partition coefficient (Wildman–Crippen LogP) is 2.27. The molecule has 0 atom stereocenters. The topological polar surface area (TPSA) is 123 Å². The van der Waals surface area contributed by atoms with Crippen molar-refractivity contribution in [1.29, 1.82) is 0 Å². The third kappa shape index (κ3) is 4.84. The first kappa shape index (κ1) is 23.0. The molecule has 0 unspecified atom stereocenters. The third-order valence-corrected chi connectivity index (χ3v) is 5.10. The Morgan fingerprint density at radius 3 is 1.77 bits per heavy atom. The van der Waals surface area contributed by atoms with E-state index in [1.165, 1.54) is 53.8 Å². The lowest BCUT2D eigenvalue weighted by atomic mass is 10.1. The SMILES string of the molecule is COc1cc(OC)c(S(N)(=O)=O)cc1C(=O)/C=C/c1cc(OC)c(OC)c(OC)c1. The van der Waals surface area contributed by atoms with Gasteiger partial charge in [0.1, 0.15) is 16.4 Å². The zero-order chi connectivity index (χ0) is 22.5. The Morgan fingerprint density at radius 1 is 0.800 bits per heavy atom. The maximum Gasteiger partial charge on any atom is 0.241 e. The molecule has 2 aromatic carbocycles. The Hall–Kier alpha value is -3.24. The molecule has 30 heavy (non-hydrogen) atoms. The first-order valence-electron chi connectivity index (χ1n) is 8.51. The number of allylic oxidation sites excluding steroid dienone is 1. The minimum absolute atomic E-state index is 0.00557. The van der Waals surface area contributed by atoms with Crippen LogP contribution in [0.1, 0.15) is 15.9 Å². The number of hydrogen-bond acceptors (Lipinski definition) is 8. The highest BCUT2D eigenvalue weighted by molar-refractivity contribution is 7.89. The van der Waals surface area contributed by atoms with Crippen LogP contribution in [0.4, 0.5) is 0 Å². The minimum atomic E-state index is -4.12. The van der Waals surface area contributed by atoms with Crippen molar-refractivity contribution in [3.8, 4) is 28.7 Å². The highest BCUT2D eigenvalue weighted by atomic mass is 32.2. The molecule has 0 saturated heterocycles. The molecular formula is C20H23NO8S. The molecule has 162 valence electrons. The number of hydrogen-bond donors (Lipinski definition) is 1. The molecule has 2 rings (SSSR count). The molecule has 0 aromatic heterocycles. The first-order chi connectivity index (χ1) is 14.2. The predicted molar refractivity (Wildman–Crippen MR) is 110 cm³/mol. The van der Waals surface area contributed by atoms with Gasteiger partial charge in [0.15, 0.2) is 17.3 Å². The first-order valence-corrected chi connectivity index (χ1v) is 10.1. The van der Waals surface area contributed by atoms with Gasteiger partial charge in [-0.15, -0.1) is 0 Å². The second-order valence-electron chi connectivity index (χ2n) is 5.90. The maximum atomic E-state index is 12.8. The van der Waals surface area contributed by atoms with Crippen LogP contribution in [0.3, 0.4) is 0 Å². The van der Waals surface area contributed by atoms with E-state index < -0.39 is 15.8 Å². The number of methoxy groups -OCH3 is 5. The van der Waals surface area contributed by atoms with Crippen molar-refractivity contribution in [2.24, 2.45) is 5.14 Å². The molecule has 0 bridgehead atoms. The average molecular weight is 437 g/mol. The molecule has 0 aliphatic carbocycles. The summed E-state index contributed by atoms with van der Waals surface area (Å²) in [6.07, 6.45) is 2.78. The number of carbonyl (C=O) groups excluding carboxylic acids is 1. The number of nitrogens with two attached hydrogens (primary N) is 1. The third-order valence-electron chi connectivity index (χ3n) is 4.17. The van der Waals surface area contributed by atoms with E-state index in [-0.39, 0.29) is 22.0 Å². The maximum absolute atomic E-state index is 12.8. The van der Waals surface area contributed by atoms with Gasteiger partial charge in [0.05, 0.1) is 41.1 Å². The Bertz CT molecular complexity index is 1050. The summed E-state index contributed by atoms with van der Waals surface area (Å²) in [4.78, 5) is 12.5. The smallest absolute Gasteiger partial charge is 0.241 e. The zero-order valence-corrected chi connectivity index (χ0v) is 18.0. The fraction of sp³-hybridized carbons (Fsp3) is 0.250. The highest BCUT2D eigenvalue weighted by Gasteiger charge is 2.22. The number of ether oxygens (including phenoxy) is 5. The van der Waals surface area contributed by atoms with E-state index in [2.05, 4.69) is 0 Å². The summed E-state index contributed by atoms with van der Waals surface area (Å²) in [5.74, 6) is 0.856. The van der Waals surface area contributed by atoms with E-state index in [1.807, 2.05) is 0 Å². The van der Waals surface area contributed by atoms with Gasteiger partial charge >= 0.3 is 0 Å². The molecular weight excluding hydrogens is 414 g/mol. The zero-order valence-electron chi connectivity index (χ0n) is 17.2. The molecule has 0 radical (unpaired) electrons. The van der Waals surface area contributed by atoms with Crippen LogP contribution in [-0.4, -0.2) is 49.8 Å². The Morgan fingerprint density at radius 2 is 1.33 bits per heavy atom. The van der Waals surface area contributed by atoms with E-state index in [9.17, 15) is 13.2 Å². The number of ketones is 1. The monoisotopic (exact) mass is 437 g/mol. The standard InChI is InChI=1S/C20H23NO8S/c1-25-15-11-16(26-2)19(30(21,23)24)10-13(15)14(22)7-6-12-8-17(27-3)20(29-5)18(9-12)28-4/h6-11H,1-5H3,(H2,21,23,24)/b7-6+. The van der Waals surface area contributed by atoms with Crippen molar-refractivity contribution in [1.82, 2.24) is 0 Å². The minimum Gasteiger partial charge on any atom is -0.496 e. The summed E-state index contributed by atoms with van der Waals surface area (Å²) in [7, 11) is 2.96. The lowest BCUT2D eigenvalue weighted by Gasteiger charge is -2.13. The number of rotatable bonds is 9. The lowest BCUT2D eigenvalue weighted by molar-refractivity contribution is 0.104. The molecule has 0 amide bonds. The van der Waals surface area contributed by atoms with Gasteiger partial charge in [-0.3, -0.25) is 4.79 Å². The normalized spacial score (nSPS) is 11.3. The van der Waals surface area contributed by atoms with Crippen molar-refractivity contribution >= 4 is 21.9 Å². The molecule has 0 aliphatic heterocycles. The van der Waals surface area contributed by atoms with Crippen LogP contribution in [0.15, 0.2) is 35.2 Å². The van der Waals surface area contributed by atoms with Crippen LogP contribution in [0.2, 0.25) is 0 Å². The van der Waals surface area contributed by atoms with E-state index in [0.29, 0.717) is 22.8 Å². The molecule has 2 N–H and O–H groups in total. The van der Waals surface area contributed by atoms with Crippen LogP contribution in [0.25, 0.3) is 6.08 Å². The molecule has 10 heteroatoms. The van der Waals surface area contributed by atoms with Crippen molar-refractivity contribution < 1.29 is 36.9 Å². The highest BCUT2D eigenvalue weighted by Crippen LogP contribution is 2.38. The quantitative estimate of drug-likeness (QED) is 0.468. The summed E-state index contributed by atoms with van der Waals surface area (Å²) >= 11 is 0. The summed E-state index contributed by atoms with van der Waals surface area (Å²) in [6, 6.07) is 5.73. The Balaban J connectivity index is 2.51. The molecule has 0 saturated carbocycles. The summed E-state index contributed by atoms with van der Waals surface area (Å²) in [5.41, 5.74) is 0.600. The molecule has 9 nitrogen and oxygen atoms in total. The van der Waals surface area contributed by atoms with Crippen LogP contribution >= 0.6 is 0 Å². The fourth-order valence-corrected chi connectivity index (χ4v) is 3.45. The van der Waals surface area contributed by atoms with Crippen molar-refractivity contribution in [3.05, 3.63) is 41.5 Å². The van der Waals surface area contributed by atoms with Gasteiger partial charge in [-0.1, -0.05) is 6.08 Å². The van der Waals surface area contributed by atoms with E-state index in [0.717, 1.165) is 6.07 Å². The molecule has 0 spiro atoms. The second kappa shape index (κ2) is 9.51. The Labute approximate surface area is 175 Å². The van der Waals surface area contributed by atoms with E-state index in [4.69, 9.17) is 28.8 Å². The van der Waals surface area contributed by atoms with Crippen molar-refractivity contribution in [2.75, 3.05) is 35.5 Å². The number of sulfonamides is 1. The second-order valence-corrected chi connectivity index (χ2v) is 7.43. The Kier molecular flexibility index (Phi) is 7.30. The summed E-state index contributed by atoms with van der Waals surface area (Å²) in [5, 5.41) is 5.23. The van der Waals surface area contributed by atoms with E-state index in [1.54, 1.807) is 12.1 Å². The van der Waals surface area contributed by atoms with Gasteiger partial charge in [-0.05, 0) is 29.8 Å². The van der Waals surface area contributed by atoms with Crippen LogP contribution in [0, 0.1) is 0 Å². The van der Waals surface area contributed by atoms with Crippen LogP contribution in [0.5, 0.6) is 28.7 Å². The van der Waals surface area contributed by atoms with E-state index >= 15 is 0 Å². The van der Waals surface area contributed by atoms with Crippen molar-refractivity contribution in [3.63, 3.8) is 0 Å². The van der Waals surface area contributed by atoms with Crippen LogP contribution < -0.4 is 28.8 Å². The van der Waals surface area contributed by atoms with Gasteiger partial charge in [-0.25, -0.2) is 13.6 Å². The fourth-order valence-electron chi connectivity index (χ4n) is 2.74. The van der Waals surface area contributed by atoms with Gasteiger partial charge in [0, 0.05) is 6.07 Å². The number of carbonyl (C=O) groups is 1. The van der Waals surface area contributed by atoms with Gasteiger partial charge in [-0.2, -0.15) is 0 Å². The molecule has 0 fully saturated rings. The average Bonchev–Trinajstić information content (AvgIpc) is 2.74. The van der Waals surface area contributed by atoms with Crippen LogP contribution in [-0.2, 0) is 10.0 Å². The molecule has 0 heterocycles. The van der Waals surface area contributed by atoms with Crippen molar-refractivity contribution in [2.45, 2.75) is 4.90 Å². The largest absolute Gasteiger partial charge is 0.496 e. The van der Waals surface area contributed by atoms with Gasteiger partial charge in [0.25, 0.3) is 0 Å². The van der Waals surface area contributed by atoms with Gasteiger partial charge < -0.3 is 23.7 Å². The molecule has 2 aromatic rings. The molecule has 0 aliphatic rings. The summed E-state index contributed by atoms with van der Waals surface area (Å²) < 4.78 is 49.8. The lowest BCUT2D eigenvalue weighted by Crippen LogP contribution is -2.15. The summed E-state index contributed by atoms with van der Waals surface area (Å²) in [6.45, 7) is 0.